The normalized spacial score (nSPS) is 12.7. The van der Waals surface area contributed by atoms with E-state index in [0.717, 1.165) is 47.2 Å². The number of pyridine rings is 1. The summed E-state index contributed by atoms with van der Waals surface area (Å²) in [4.78, 5) is 28.5. The van der Waals surface area contributed by atoms with Crippen molar-refractivity contribution in [3.63, 3.8) is 0 Å². The first-order valence-electron chi connectivity index (χ1n) is 10.4. The van der Waals surface area contributed by atoms with Crippen LogP contribution in [0, 0.1) is 5.82 Å². The maximum absolute atomic E-state index is 13.1. The SMILES string of the molecule is CN(CC(=O)Nc1ccc(F)cc1)c1nc(-c2cc3cn(C)nc3cn2)nc2c1CCC2. The van der Waals surface area contributed by atoms with Crippen LogP contribution in [0.4, 0.5) is 15.9 Å². The van der Waals surface area contributed by atoms with Crippen LogP contribution in [0.2, 0.25) is 0 Å². The van der Waals surface area contributed by atoms with Crippen LogP contribution < -0.4 is 10.2 Å². The molecule has 0 radical (unpaired) electrons. The molecule has 1 N–H and O–H groups in total. The first-order valence-corrected chi connectivity index (χ1v) is 10.4. The monoisotopic (exact) mass is 431 g/mol. The minimum absolute atomic E-state index is 0.106. The van der Waals surface area contributed by atoms with E-state index in [4.69, 9.17) is 9.97 Å². The van der Waals surface area contributed by atoms with Crippen LogP contribution >= 0.6 is 0 Å². The second-order valence-corrected chi connectivity index (χ2v) is 7.99. The Balaban J connectivity index is 1.43. The van der Waals surface area contributed by atoms with Gasteiger partial charge in [0.25, 0.3) is 0 Å². The van der Waals surface area contributed by atoms with E-state index in [1.54, 1.807) is 10.9 Å². The maximum Gasteiger partial charge on any atom is 0.243 e. The fourth-order valence-corrected chi connectivity index (χ4v) is 4.04. The number of hydrogen-bond acceptors (Lipinski definition) is 6. The topological polar surface area (TPSA) is 88.8 Å². The molecule has 0 aliphatic heterocycles. The van der Waals surface area contributed by atoms with Crippen molar-refractivity contribution in [1.82, 2.24) is 24.7 Å². The standard InChI is InChI=1S/C23H22FN7O/c1-30(13-21(32)26-16-8-6-15(24)7-9-16)23-17-4-3-5-18(17)27-22(28-23)19-10-14-12-31(2)29-20(14)11-25-19/h6-12H,3-5,13H2,1-2H3,(H,26,32). The number of halogens is 1. The summed E-state index contributed by atoms with van der Waals surface area (Å²) in [5.41, 5.74) is 4.11. The summed E-state index contributed by atoms with van der Waals surface area (Å²) in [6, 6.07) is 7.63. The van der Waals surface area contributed by atoms with Gasteiger partial charge in [-0.3, -0.25) is 14.5 Å². The summed E-state index contributed by atoms with van der Waals surface area (Å²) >= 11 is 0. The van der Waals surface area contributed by atoms with Gasteiger partial charge in [0, 0.05) is 42.6 Å². The molecule has 0 spiro atoms. The van der Waals surface area contributed by atoms with E-state index < -0.39 is 0 Å². The van der Waals surface area contributed by atoms with Crippen molar-refractivity contribution in [1.29, 1.82) is 0 Å². The van der Waals surface area contributed by atoms with Gasteiger partial charge < -0.3 is 10.2 Å². The van der Waals surface area contributed by atoms with Gasteiger partial charge in [0.2, 0.25) is 5.91 Å². The molecule has 3 aromatic heterocycles. The average Bonchev–Trinajstić information content (AvgIpc) is 3.39. The Morgan fingerprint density at radius 1 is 1.22 bits per heavy atom. The lowest BCUT2D eigenvalue weighted by molar-refractivity contribution is -0.114. The van der Waals surface area contributed by atoms with Crippen LogP contribution in [0.3, 0.4) is 0 Å². The molecule has 0 atom stereocenters. The number of rotatable bonds is 5. The molecule has 0 unspecified atom stereocenters. The van der Waals surface area contributed by atoms with Crippen LogP contribution in [0.5, 0.6) is 0 Å². The number of carbonyl (C=O) groups excluding carboxylic acids is 1. The summed E-state index contributed by atoms with van der Waals surface area (Å²) in [6.45, 7) is 0.106. The van der Waals surface area contributed by atoms with Crippen molar-refractivity contribution in [2.45, 2.75) is 19.3 Å². The van der Waals surface area contributed by atoms with E-state index in [9.17, 15) is 9.18 Å². The van der Waals surface area contributed by atoms with Crippen LogP contribution in [0.15, 0.2) is 42.7 Å². The Hall–Kier alpha value is -3.88. The fourth-order valence-electron chi connectivity index (χ4n) is 4.04. The number of anilines is 2. The summed E-state index contributed by atoms with van der Waals surface area (Å²) in [7, 11) is 3.71. The van der Waals surface area contributed by atoms with Crippen molar-refractivity contribution in [2.24, 2.45) is 7.05 Å². The van der Waals surface area contributed by atoms with Crippen molar-refractivity contribution >= 4 is 28.3 Å². The van der Waals surface area contributed by atoms with Crippen LogP contribution in [-0.2, 0) is 24.7 Å². The largest absolute Gasteiger partial charge is 0.350 e. The Morgan fingerprint density at radius 2 is 2.03 bits per heavy atom. The fraction of sp³-hybridized carbons (Fsp3) is 0.261. The number of aryl methyl sites for hydroxylation is 2. The van der Waals surface area contributed by atoms with E-state index in [2.05, 4.69) is 15.4 Å². The number of benzene rings is 1. The number of fused-ring (bicyclic) bond motifs is 2. The smallest absolute Gasteiger partial charge is 0.243 e. The van der Waals surface area contributed by atoms with Crippen LogP contribution in [0.1, 0.15) is 17.7 Å². The van der Waals surface area contributed by atoms with Gasteiger partial charge in [-0.2, -0.15) is 5.10 Å². The molecule has 0 saturated heterocycles. The second kappa shape index (κ2) is 7.99. The number of amides is 1. The van der Waals surface area contributed by atoms with Gasteiger partial charge in [0.05, 0.1) is 12.7 Å². The highest BCUT2D eigenvalue weighted by Crippen LogP contribution is 2.31. The molecule has 1 amide bonds. The van der Waals surface area contributed by atoms with Crippen molar-refractivity contribution in [3.05, 3.63) is 59.8 Å². The zero-order chi connectivity index (χ0) is 22.2. The van der Waals surface area contributed by atoms with Crippen molar-refractivity contribution in [2.75, 3.05) is 23.8 Å². The molecular weight excluding hydrogens is 409 g/mol. The van der Waals surface area contributed by atoms with Gasteiger partial charge in [-0.1, -0.05) is 0 Å². The molecule has 1 aliphatic rings. The average molecular weight is 431 g/mol. The molecule has 8 nitrogen and oxygen atoms in total. The van der Waals surface area contributed by atoms with E-state index in [-0.39, 0.29) is 18.3 Å². The van der Waals surface area contributed by atoms with Crippen molar-refractivity contribution in [3.8, 4) is 11.5 Å². The lowest BCUT2D eigenvalue weighted by Gasteiger charge is -2.21. The third-order valence-corrected chi connectivity index (χ3v) is 5.52. The number of hydrogen-bond donors (Lipinski definition) is 1. The highest BCUT2D eigenvalue weighted by Gasteiger charge is 2.23. The summed E-state index contributed by atoms with van der Waals surface area (Å²) in [5.74, 6) is 0.727. The molecule has 3 heterocycles. The quantitative estimate of drug-likeness (QED) is 0.522. The molecule has 0 fully saturated rings. The number of likely N-dealkylation sites (N-methyl/N-ethyl adjacent to an activating group) is 1. The molecule has 4 aromatic rings. The second-order valence-electron chi connectivity index (χ2n) is 7.99. The van der Waals surface area contributed by atoms with Gasteiger partial charge in [-0.25, -0.2) is 14.4 Å². The minimum atomic E-state index is -0.345. The van der Waals surface area contributed by atoms with E-state index in [1.165, 1.54) is 24.3 Å². The number of nitrogens with zero attached hydrogens (tertiary/aromatic N) is 6. The molecule has 32 heavy (non-hydrogen) atoms. The van der Waals surface area contributed by atoms with Gasteiger partial charge >= 0.3 is 0 Å². The Bertz CT molecular complexity index is 1320. The Labute approximate surface area is 184 Å². The Kier molecular flexibility index (Phi) is 5.01. The third kappa shape index (κ3) is 3.89. The molecular formula is C23H22FN7O. The molecule has 1 aliphatic carbocycles. The van der Waals surface area contributed by atoms with Gasteiger partial charge in [0.1, 0.15) is 22.8 Å². The molecule has 0 saturated carbocycles. The maximum atomic E-state index is 13.1. The highest BCUT2D eigenvalue weighted by molar-refractivity contribution is 5.94. The number of carbonyl (C=O) groups is 1. The summed E-state index contributed by atoms with van der Waals surface area (Å²) in [5, 5.41) is 8.13. The predicted molar refractivity (Wildman–Crippen MR) is 120 cm³/mol. The van der Waals surface area contributed by atoms with Crippen LogP contribution in [-0.4, -0.2) is 44.2 Å². The lowest BCUT2D eigenvalue weighted by atomic mass is 10.2. The number of aromatic nitrogens is 5. The number of nitrogens with one attached hydrogen (secondary N) is 1. The van der Waals surface area contributed by atoms with Gasteiger partial charge in [-0.05, 0) is 49.6 Å². The summed E-state index contributed by atoms with van der Waals surface area (Å²) < 4.78 is 14.9. The molecule has 0 bridgehead atoms. The zero-order valence-corrected chi connectivity index (χ0v) is 17.8. The van der Waals surface area contributed by atoms with Crippen molar-refractivity contribution < 1.29 is 9.18 Å². The first-order chi connectivity index (χ1) is 15.5. The first kappa shape index (κ1) is 20.0. The van der Waals surface area contributed by atoms with E-state index in [0.29, 0.717) is 17.2 Å². The van der Waals surface area contributed by atoms with Crippen LogP contribution in [0.25, 0.3) is 22.4 Å². The van der Waals surface area contributed by atoms with E-state index in [1.807, 2.05) is 31.3 Å². The minimum Gasteiger partial charge on any atom is -0.350 e. The van der Waals surface area contributed by atoms with Gasteiger partial charge in [0.15, 0.2) is 5.82 Å². The highest BCUT2D eigenvalue weighted by atomic mass is 19.1. The predicted octanol–water partition coefficient (Wildman–Crippen LogP) is 3.13. The Morgan fingerprint density at radius 3 is 2.84 bits per heavy atom. The zero-order valence-electron chi connectivity index (χ0n) is 17.8. The van der Waals surface area contributed by atoms with Gasteiger partial charge in [-0.15, -0.1) is 0 Å². The molecule has 1 aromatic carbocycles. The third-order valence-electron chi connectivity index (χ3n) is 5.52. The molecule has 162 valence electrons. The summed E-state index contributed by atoms with van der Waals surface area (Å²) in [6.07, 6.45) is 6.42. The molecule has 5 rings (SSSR count). The van der Waals surface area contributed by atoms with E-state index >= 15 is 0 Å². The molecule has 9 heteroatoms. The lowest BCUT2D eigenvalue weighted by Crippen LogP contribution is -2.31.